The van der Waals surface area contributed by atoms with E-state index in [0.29, 0.717) is 31.7 Å². The van der Waals surface area contributed by atoms with Crippen molar-refractivity contribution in [2.45, 2.75) is 18.9 Å². The second-order valence-electron chi connectivity index (χ2n) is 7.65. The van der Waals surface area contributed by atoms with Crippen molar-refractivity contribution < 1.29 is 14.3 Å². The van der Waals surface area contributed by atoms with Crippen LogP contribution in [0.2, 0.25) is 0 Å². The Labute approximate surface area is 186 Å². The summed E-state index contributed by atoms with van der Waals surface area (Å²) in [4.78, 5) is 29.1. The molecule has 1 atom stereocenters. The molecule has 0 unspecified atom stereocenters. The Hall–Kier alpha value is -2.96. The van der Waals surface area contributed by atoms with Crippen LogP contribution in [0.5, 0.6) is 0 Å². The van der Waals surface area contributed by atoms with Crippen LogP contribution in [0.1, 0.15) is 22.8 Å². The third kappa shape index (κ3) is 4.70. The average Bonchev–Trinajstić information content (AvgIpc) is 3.35. The van der Waals surface area contributed by atoms with Gasteiger partial charge in [0.25, 0.3) is 11.8 Å². The summed E-state index contributed by atoms with van der Waals surface area (Å²) in [7, 11) is 0. The molecular weight excluding hydrogens is 408 g/mol. The van der Waals surface area contributed by atoms with E-state index in [0.717, 1.165) is 11.1 Å². The van der Waals surface area contributed by atoms with Gasteiger partial charge in [-0.3, -0.25) is 9.59 Å². The molecule has 1 saturated heterocycles. The predicted octanol–water partition coefficient (Wildman–Crippen LogP) is 4.01. The molecule has 2 aromatic carbocycles. The third-order valence-corrected chi connectivity index (χ3v) is 6.41. The van der Waals surface area contributed by atoms with Crippen LogP contribution < -0.4 is 5.32 Å². The normalized spacial score (nSPS) is 18.5. The summed E-state index contributed by atoms with van der Waals surface area (Å²) in [6.07, 6.45) is 0.405. The van der Waals surface area contributed by atoms with Crippen LogP contribution in [0.4, 0.5) is 0 Å². The van der Waals surface area contributed by atoms with Gasteiger partial charge >= 0.3 is 0 Å². The van der Waals surface area contributed by atoms with Crippen LogP contribution in [-0.2, 0) is 16.0 Å². The van der Waals surface area contributed by atoms with Crippen molar-refractivity contribution in [3.63, 3.8) is 0 Å². The molecule has 5 nitrogen and oxygen atoms in total. The highest BCUT2D eigenvalue weighted by Gasteiger charge is 2.45. The fourth-order valence-electron chi connectivity index (χ4n) is 3.93. The molecule has 0 radical (unpaired) electrons. The monoisotopic (exact) mass is 434 g/mol. The lowest BCUT2D eigenvalue weighted by Crippen LogP contribution is -2.62. The molecule has 31 heavy (non-hydrogen) atoms. The van der Waals surface area contributed by atoms with Gasteiger partial charge in [0.15, 0.2) is 5.60 Å². The van der Waals surface area contributed by atoms with Gasteiger partial charge in [-0.25, -0.2) is 0 Å². The molecule has 1 N–H and O–H groups in total. The zero-order valence-corrected chi connectivity index (χ0v) is 18.4. The molecule has 160 valence electrons. The summed E-state index contributed by atoms with van der Waals surface area (Å²) in [5, 5.41) is 4.97. The summed E-state index contributed by atoms with van der Waals surface area (Å²) in [6, 6.07) is 21.5. The lowest BCUT2D eigenvalue weighted by molar-refractivity contribution is -0.157. The standard InChI is InChI=1S/C25H26N2O3S/c1-2-26-24(29)25(17-19-10-12-20(13-11-19)22-9-6-16-31-22)18-27(14-15-30-25)23(28)21-7-4-3-5-8-21/h3-13,16H,2,14-15,17-18H2,1H3,(H,26,29)/t25-/m0/s1. The van der Waals surface area contributed by atoms with Crippen molar-refractivity contribution in [1.82, 2.24) is 10.2 Å². The number of nitrogens with one attached hydrogen (secondary N) is 1. The molecule has 0 aliphatic carbocycles. The van der Waals surface area contributed by atoms with Gasteiger partial charge < -0.3 is 15.0 Å². The molecular formula is C25H26N2O3S. The van der Waals surface area contributed by atoms with Gasteiger partial charge in [-0.1, -0.05) is 48.5 Å². The molecule has 1 aromatic heterocycles. The first kappa shape index (κ1) is 21.3. The number of rotatable bonds is 6. The van der Waals surface area contributed by atoms with Crippen LogP contribution >= 0.6 is 11.3 Å². The number of benzene rings is 2. The van der Waals surface area contributed by atoms with E-state index in [1.807, 2.05) is 43.3 Å². The van der Waals surface area contributed by atoms with E-state index in [-0.39, 0.29) is 18.4 Å². The summed E-state index contributed by atoms with van der Waals surface area (Å²) in [6.45, 7) is 3.40. The second kappa shape index (κ2) is 9.45. The number of thiophene rings is 1. The van der Waals surface area contributed by atoms with E-state index in [2.05, 4.69) is 28.9 Å². The lowest BCUT2D eigenvalue weighted by Gasteiger charge is -2.41. The maximum absolute atomic E-state index is 13.1. The van der Waals surface area contributed by atoms with Crippen molar-refractivity contribution in [2.24, 2.45) is 0 Å². The number of amides is 2. The highest BCUT2D eigenvalue weighted by molar-refractivity contribution is 7.13. The summed E-state index contributed by atoms with van der Waals surface area (Å²) >= 11 is 1.70. The van der Waals surface area contributed by atoms with Gasteiger partial charge in [-0.05, 0) is 41.6 Å². The average molecular weight is 435 g/mol. The number of nitrogens with zero attached hydrogens (tertiary/aromatic N) is 1. The van der Waals surface area contributed by atoms with Crippen LogP contribution in [0.3, 0.4) is 0 Å². The van der Waals surface area contributed by atoms with Crippen molar-refractivity contribution in [3.05, 3.63) is 83.2 Å². The van der Waals surface area contributed by atoms with Crippen LogP contribution in [0.15, 0.2) is 72.1 Å². The Morgan fingerprint density at radius 2 is 1.84 bits per heavy atom. The number of carbonyl (C=O) groups excluding carboxylic acids is 2. The highest BCUT2D eigenvalue weighted by atomic mass is 32.1. The van der Waals surface area contributed by atoms with Crippen molar-refractivity contribution >= 4 is 23.2 Å². The Balaban J connectivity index is 1.58. The fraction of sp³-hybridized carbons (Fsp3) is 0.280. The zero-order valence-electron chi connectivity index (χ0n) is 17.5. The molecule has 3 aromatic rings. The zero-order chi connectivity index (χ0) is 21.7. The SMILES string of the molecule is CCNC(=O)[C@]1(Cc2ccc(-c3cccs3)cc2)CN(C(=O)c2ccccc2)CCO1. The van der Waals surface area contributed by atoms with Gasteiger partial charge in [-0.15, -0.1) is 11.3 Å². The van der Waals surface area contributed by atoms with Crippen LogP contribution in [0.25, 0.3) is 10.4 Å². The van der Waals surface area contributed by atoms with Gasteiger partial charge in [0.05, 0.1) is 13.2 Å². The Morgan fingerprint density at radius 3 is 2.52 bits per heavy atom. The first-order chi connectivity index (χ1) is 15.1. The number of carbonyl (C=O) groups is 2. The van der Waals surface area contributed by atoms with E-state index in [4.69, 9.17) is 4.74 Å². The minimum Gasteiger partial charge on any atom is -0.361 e. The first-order valence-corrected chi connectivity index (χ1v) is 11.4. The number of ether oxygens (including phenoxy) is 1. The van der Waals surface area contributed by atoms with E-state index in [9.17, 15) is 9.59 Å². The summed E-state index contributed by atoms with van der Waals surface area (Å²) in [5.74, 6) is -0.256. The van der Waals surface area contributed by atoms with Crippen molar-refractivity contribution in [1.29, 1.82) is 0 Å². The molecule has 1 aliphatic heterocycles. The predicted molar refractivity (Wildman–Crippen MR) is 123 cm³/mol. The number of hydrogen-bond donors (Lipinski definition) is 1. The Morgan fingerprint density at radius 1 is 1.06 bits per heavy atom. The van der Waals surface area contributed by atoms with Crippen molar-refractivity contribution in [3.8, 4) is 10.4 Å². The van der Waals surface area contributed by atoms with Gasteiger partial charge in [0, 0.05) is 30.0 Å². The van der Waals surface area contributed by atoms with Gasteiger partial charge in [0.1, 0.15) is 0 Å². The Bertz CT molecular complexity index is 1020. The van der Waals surface area contributed by atoms with E-state index < -0.39 is 5.60 Å². The quantitative estimate of drug-likeness (QED) is 0.638. The summed E-state index contributed by atoms with van der Waals surface area (Å²) < 4.78 is 6.10. The van der Waals surface area contributed by atoms with E-state index in [1.54, 1.807) is 28.4 Å². The van der Waals surface area contributed by atoms with Crippen LogP contribution in [0, 0.1) is 0 Å². The van der Waals surface area contributed by atoms with Gasteiger partial charge in [0.2, 0.25) is 0 Å². The highest BCUT2D eigenvalue weighted by Crippen LogP contribution is 2.28. The largest absolute Gasteiger partial charge is 0.361 e. The molecule has 4 rings (SSSR count). The Kier molecular flexibility index (Phi) is 6.49. The maximum atomic E-state index is 13.1. The molecule has 2 heterocycles. The lowest BCUT2D eigenvalue weighted by atomic mass is 9.90. The number of morpholine rings is 1. The minimum atomic E-state index is -1.11. The molecule has 6 heteroatoms. The van der Waals surface area contributed by atoms with Crippen molar-refractivity contribution in [2.75, 3.05) is 26.2 Å². The third-order valence-electron chi connectivity index (χ3n) is 5.49. The molecule has 0 saturated carbocycles. The minimum absolute atomic E-state index is 0.0781. The topological polar surface area (TPSA) is 58.6 Å². The fourth-order valence-corrected chi connectivity index (χ4v) is 4.66. The molecule has 0 bridgehead atoms. The van der Waals surface area contributed by atoms with Gasteiger partial charge in [-0.2, -0.15) is 0 Å². The smallest absolute Gasteiger partial charge is 0.254 e. The van der Waals surface area contributed by atoms with E-state index >= 15 is 0 Å². The number of likely N-dealkylation sites (N-methyl/N-ethyl adjacent to an activating group) is 1. The summed E-state index contributed by atoms with van der Waals surface area (Å²) in [5.41, 5.74) is 1.66. The first-order valence-electron chi connectivity index (χ1n) is 10.5. The maximum Gasteiger partial charge on any atom is 0.254 e. The van der Waals surface area contributed by atoms with E-state index in [1.165, 1.54) is 4.88 Å². The number of hydrogen-bond acceptors (Lipinski definition) is 4. The molecule has 1 aliphatic rings. The molecule has 2 amide bonds. The van der Waals surface area contributed by atoms with Crippen LogP contribution in [-0.4, -0.2) is 48.6 Å². The second-order valence-corrected chi connectivity index (χ2v) is 8.59. The molecule has 0 spiro atoms. The molecule has 1 fully saturated rings.